The standard InChI is InChI=1S/C24H20BrClN4O4S2/c1-2-19(22(32)27-15-7-5-6-14(26)12-15)36-24-28-17-10-11-35-21(17)23(33)30(24)29-20(31)13-34-18-9-4-3-8-16(18)25/h3-12,19H,2,13H2,1H3,(H,27,32)(H,29,31). The molecule has 8 nitrogen and oxygen atoms in total. The molecule has 2 aromatic carbocycles. The summed E-state index contributed by atoms with van der Waals surface area (Å²) >= 11 is 11.7. The molecule has 12 heteroatoms. The molecule has 0 bridgehead atoms. The van der Waals surface area contributed by atoms with Gasteiger partial charge in [0.25, 0.3) is 11.5 Å². The summed E-state index contributed by atoms with van der Waals surface area (Å²) in [6.07, 6.45) is 0.452. The third-order valence-corrected chi connectivity index (χ3v) is 7.98. The van der Waals surface area contributed by atoms with E-state index in [9.17, 15) is 14.4 Å². The minimum absolute atomic E-state index is 0.188. The van der Waals surface area contributed by atoms with Crippen LogP contribution in [0.2, 0.25) is 5.02 Å². The smallest absolute Gasteiger partial charge is 0.291 e. The summed E-state index contributed by atoms with van der Waals surface area (Å²) in [5.41, 5.74) is 3.19. The summed E-state index contributed by atoms with van der Waals surface area (Å²) in [7, 11) is 0. The van der Waals surface area contributed by atoms with Crippen molar-refractivity contribution in [3.05, 3.63) is 79.8 Å². The third-order valence-electron chi connectivity index (χ3n) is 4.88. The highest BCUT2D eigenvalue weighted by molar-refractivity contribution is 9.10. The molecule has 2 heterocycles. The predicted octanol–water partition coefficient (Wildman–Crippen LogP) is 5.53. The fraction of sp³-hybridized carbons (Fsp3) is 0.167. The Kier molecular flexibility index (Phi) is 8.68. The molecule has 1 atom stereocenters. The van der Waals surface area contributed by atoms with Gasteiger partial charge in [-0.15, -0.1) is 11.3 Å². The number of carbonyl (C=O) groups is 2. The van der Waals surface area contributed by atoms with Gasteiger partial charge in [0, 0.05) is 10.7 Å². The van der Waals surface area contributed by atoms with E-state index in [1.165, 1.54) is 11.3 Å². The number of hydrogen-bond donors (Lipinski definition) is 2. The lowest BCUT2D eigenvalue weighted by molar-refractivity contribution is -0.119. The molecule has 0 aliphatic carbocycles. The zero-order valence-corrected chi connectivity index (χ0v) is 22.8. The molecular weight excluding hydrogens is 588 g/mol. The van der Waals surface area contributed by atoms with Crippen LogP contribution in [-0.4, -0.2) is 33.3 Å². The maximum Gasteiger partial charge on any atom is 0.291 e. The SMILES string of the molecule is CCC(Sc1nc2ccsc2c(=O)n1NC(=O)COc1ccccc1Br)C(=O)Nc1cccc(Cl)c1. The Morgan fingerprint density at radius 3 is 2.78 bits per heavy atom. The Hall–Kier alpha value is -2.86. The topological polar surface area (TPSA) is 102 Å². The van der Waals surface area contributed by atoms with Crippen LogP contribution in [0.15, 0.2) is 74.4 Å². The highest BCUT2D eigenvalue weighted by Crippen LogP contribution is 2.27. The van der Waals surface area contributed by atoms with Crippen molar-refractivity contribution in [3.8, 4) is 5.75 Å². The van der Waals surface area contributed by atoms with Gasteiger partial charge >= 0.3 is 0 Å². The number of amides is 2. The fourth-order valence-electron chi connectivity index (χ4n) is 3.17. The zero-order valence-electron chi connectivity index (χ0n) is 18.9. The second-order valence-electron chi connectivity index (χ2n) is 7.44. The number of thiophene rings is 1. The van der Waals surface area contributed by atoms with Crippen molar-refractivity contribution in [1.82, 2.24) is 9.66 Å². The Bertz CT molecular complexity index is 1480. The molecule has 0 spiro atoms. The van der Waals surface area contributed by atoms with Gasteiger partial charge in [-0.3, -0.25) is 19.8 Å². The van der Waals surface area contributed by atoms with Crippen LogP contribution in [0.3, 0.4) is 0 Å². The number of fused-ring (bicyclic) bond motifs is 1. The van der Waals surface area contributed by atoms with E-state index >= 15 is 0 Å². The van der Waals surface area contributed by atoms with E-state index in [0.717, 1.165) is 16.4 Å². The first-order chi connectivity index (χ1) is 17.4. The van der Waals surface area contributed by atoms with Crippen LogP contribution < -0.4 is 21.0 Å². The predicted molar refractivity (Wildman–Crippen MR) is 148 cm³/mol. The van der Waals surface area contributed by atoms with Crippen LogP contribution in [-0.2, 0) is 9.59 Å². The minimum atomic E-state index is -0.591. The van der Waals surface area contributed by atoms with Crippen LogP contribution in [0, 0.1) is 0 Å². The van der Waals surface area contributed by atoms with Gasteiger partial charge in [0.1, 0.15) is 10.4 Å². The molecule has 4 rings (SSSR count). The highest BCUT2D eigenvalue weighted by atomic mass is 79.9. The van der Waals surface area contributed by atoms with Crippen molar-refractivity contribution < 1.29 is 14.3 Å². The maximum absolute atomic E-state index is 13.2. The summed E-state index contributed by atoms with van der Waals surface area (Å²) in [6.45, 7) is 1.53. The molecule has 4 aromatic rings. The molecule has 0 saturated carbocycles. The van der Waals surface area contributed by atoms with Gasteiger partial charge in [-0.1, -0.05) is 48.5 Å². The van der Waals surface area contributed by atoms with Crippen molar-refractivity contribution in [2.75, 3.05) is 17.3 Å². The first-order valence-corrected chi connectivity index (χ1v) is 13.7. The molecule has 0 aliphatic heterocycles. The van der Waals surface area contributed by atoms with Crippen LogP contribution in [0.25, 0.3) is 10.2 Å². The first kappa shape index (κ1) is 26.2. The van der Waals surface area contributed by atoms with Crippen molar-refractivity contribution in [2.24, 2.45) is 0 Å². The van der Waals surface area contributed by atoms with Crippen molar-refractivity contribution in [2.45, 2.75) is 23.8 Å². The number of carbonyl (C=O) groups excluding carboxylic acids is 2. The van der Waals surface area contributed by atoms with Crippen molar-refractivity contribution in [3.63, 3.8) is 0 Å². The van der Waals surface area contributed by atoms with Gasteiger partial charge in [-0.25, -0.2) is 4.98 Å². The number of benzene rings is 2. The molecule has 186 valence electrons. The number of anilines is 1. The van der Waals surface area contributed by atoms with E-state index in [0.29, 0.717) is 37.6 Å². The lowest BCUT2D eigenvalue weighted by atomic mass is 10.3. The third kappa shape index (κ3) is 6.28. The number of hydrogen-bond acceptors (Lipinski definition) is 7. The maximum atomic E-state index is 13.2. The van der Waals surface area contributed by atoms with Crippen molar-refractivity contribution >= 4 is 78.3 Å². The lowest BCUT2D eigenvalue weighted by Gasteiger charge is -2.18. The number of aromatic nitrogens is 2. The normalized spacial score (nSPS) is 11.8. The van der Waals surface area contributed by atoms with Crippen LogP contribution in [0.4, 0.5) is 5.69 Å². The monoisotopic (exact) mass is 606 g/mol. The molecule has 1 unspecified atom stereocenters. The molecule has 0 fully saturated rings. The molecule has 2 aromatic heterocycles. The number of para-hydroxylation sites is 1. The van der Waals surface area contributed by atoms with E-state index < -0.39 is 16.7 Å². The van der Waals surface area contributed by atoms with E-state index in [1.807, 2.05) is 13.0 Å². The van der Waals surface area contributed by atoms with Gasteiger partial charge in [-0.2, -0.15) is 4.68 Å². The quantitative estimate of drug-likeness (QED) is 0.192. The van der Waals surface area contributed by atoms with Gasteiger partial charge < -0.3 is 10.1 Å². The van der Waals surface area contributed by atoms with Gasteiger partial charge in [-0.05, 0) is 64.1 Å². The highest BCUT2D eigenvalue weighted by Gasteiger charge is 2.23. The molecule has 0 saturated heterocycles. The second-order valence-corrected chi connectivity index (χ2v) is 10.8. The second kappa shape index (κ2) is 11.9. The van der Waals surface area contributed by atoms with Gasteiger partial charge in [0.2, 0.25) is 5.91 Å². The summed E-state index contributed by atoms with van der Waals surface area (Å²) in [5.74, 6) is -0.339. The number of ether oxygens (including phenoxy) is 1. The molecule has 2 amide bonds. The summed E-state index contributed by atoms with van der Waals surface area (Å²) in [4.78, 5) is 43.4. The minimum Gasteiger partial charge on any atom is -0.483 e. The summed E-state index contributed by atoms with van der Waals surface area (Å²) < 4.78 is 7.73. The Morgan fingerprint density at radius 1 is 1.22 bits per heavy atom. The van der Waals surface area contributed by atoms with E-state index in [1.54, 1.807) is 53.9 Å². The molecule has 2 N–H and O–H groups in total. The Balaban J connectivity index is 1.56. The van der Waals surface area contributed by atoms with Crippen LogP contribution in [0.1, 0.15) is 13.3 Å². The number of thioether (sulfide) groups is 1. The van der Waals surface area contributed by atoms with Gasteiger partial charge in [0.15, 0.2) is 11.8 Å². The van der Waals surface area contributed by atoms with Gasteiger partial charge in [0.05, 0.1) is 15.2 Å². The molecule has 0 radical (unpaired) electrons. The summed E-state index contributed by atoms with van der Waals surface area (Å²) in [6, 6.07) is 15.7. The lowest BCUT2D eigenvalue weighted by Crippen LogP contribution is -2.37. The zero-order chi connectivity index (χ0) is 25.7. The molecule has 0 aliphatic rings. The number of nitrogens with zero attached hydrogens (tertiary/aromatic N) is 2. The average molecular weight is 608 g/mol. The fourth-order valence-corrected chi connectivity index (χ4v) is 5.49. The van der Waals surface area contributed by atoms with Crippen LogP contribution >= 0.6 is 50.6 Å². The summed E-state index contributed by atoms with van der Waals surface area (Å²) in [5, 5.41) is 4.68. The number of nitrogens with one attached hydrogen (secondary N) is 2. The van der Waals surface area contributed by atoms with Crippen LogP contribution in [0.5, 0.6) is 5.75 Å². The Labute approximate surface area is 228 Å². The molecule has 36 heavy (non-hydrogen) atoms. The molecular formula is C24H20BrClN4O4S2. The number of rotatable bonds is 9. The Morgan fingerprint density at radius 2 is 2.03 bits per heavy atom. The average Bonchev–Trinajstić information content (AvgIpc) is 3.33. The number of halogens is 2. The van der Waals surface area contributed by atoms with E-state index in [2.05, 4.69) is 31.7 Å². The first-order valence-electron chi connectivity index (χ1n) is 10.8. The van der Waals surface area contributed by atoms with Crippen molar-refractivity contribution in [1.29, 1.82) is 0 Å². The van der Waals surface area contributed by atoms with E-state index in [-0.39, 0.29) is 17.7 Å². The van der Waals surface area contributed by atoms with E-state index in [4.69, 9.17) is 16.3 Å². The largest absolute Gasteiger partial charge is 0.483 e.